The number of nitrogens with zero attached hydrogens (tertiary/aromatic N) is 1. The summed E-state index contributed by atoms with van der Waals surface area (Å²) in [7, 11) is 0. The molecule has 0 aromatic heterocycles. The van der Waals surface area contributed by atoms with Crippen molar-refractivity contribution in [2.75, 3.05) is 6.54 Å². The van der Waals surface area contributed by atoms with Crippen molar-refractivity contribution in [1.82, 2.24) is 4.90 Å². The average Bonchev–Trinajstić information content (AvgIpc) is 2.79. The Balaban J connectivity index is 1.35. The first-order valence-corrected chi connectivity index (χ1v) is 10.1. The van der Waals surface area contributed by atoms with Crippen LogP contribution in [0.5, 0.6) is 5.75 Å². The fourth-order valence-electron chi connectivity index (χ4n) is 3.75. The third kappa shape index (κ3) is 4.45. The lowest BCUT2D eigenvalue weighted by atomic mass is 9.92. The molecule has 3 aromatic rings. The number of rotatable bonds is 6. The van der Waals surface area contributed by atoms with E-state index in [4.69, 9.17) is 4.74 Å². The van der Waals surface area contributed by atoms with Crippen LogP contribution in [0.25, 0.3) is 0 Å². The molecule has 142 valence electrons. The molecule has 0 saturated heterocycles. The van der Waals surface area contributed by atoms with Gasteiger partial charge in [-0.3, -0.25) is 0 Å². The Bertz CT molecular complexity index is 887. The quantitative estimate of drug-likeness (QED) is 0.503. The minimum absolute atomic E-state index is 0.409. The van der Waals surface area contributed by atoms with Crippen LogP contribution in [0.1, 0.15) is 42.0 Å². The molecule has 2 nitrogen and oxygen atoms in total. The van der Waals surface area contributed by atoms with Crippen molar-refractivity contribution in [3.63, 3.8) is 0 Å². The number of ether oxygens (including phenoxy) is 1. The van der Waals surface area contributed by atoms with Gasteiger partial charge in [-0.15, -0.1) is 0 Å². The Morgan fingerprint density at radius 2 is 1.57 bits per heavy atom. The van der Waals surface area contributed by atoms with Crippen molar-refractivity contribution in [3.05, 3.63) is 114 Å². The van der Waals surface area contributed by atoms with Gasteiger partial charge in [-0.1, -0.05) is 78.9 Å². The molecule has 1 aliphatic heterocycles. The highest BCUT2D eigenvalue weighted by Crippen LogP contribution is 2.31. The fourth-order valence-corrected chi connectivity index (χ4v) is 3.75. The topological polar surface area (TPSA) is 12.5 Å². The highest BCUT2D eigenvalue weighted by Gasteiger charge is 2.19. The maximum atomic E-state index is 5.91. The SMILES string of the molecule is CC(c1ccccc1)N1C=CC(c2ccc(OCc3ccccc3)cc2)CC1. The molecule has 0 aliphatic carbocycles. The van der Waals surface area contributed by atoms with E-state index in [9.17, 15) is 0 Å². The monoisotopic (exact) mass is 369 g/mol. The van der Waals surface area contributed by atoms with Gasteiger partial charge in [-0.25, -0.2) is 0 Å². The van der Waals surface area contributed by atoms with E-state index < -0.39 is 0 Å². The molecule has 4 rings (SSSR count). The predicted octanol–water partition coefficient (Wildman–Crippen LogP) is 6.33. The molecule has 1 aliphatic rings. The zero-order valence-corrected chi connectivity index (χ0v) is 16.4. The third-order valence-electron chi connectivity index (χ3n) is 5.54. The molecule has 3 aromatic carbocycles. The zero-order chi connectivity index (χ0) is 19.2. The van der Waals surface area contributed by atoms with E-state index in [2.05, 4.69) is 90.8 Å². The van der Waals surface area contributed by atoms with Gasteiger partial charge < -0.3 is 9.64 Å². The van der Waals surface area contributed by atoms with Crippen LogP contribution in [0.3, 0.4) is 0 Å². The summed E-state index contributed by atoms with van der Waals surface area (Å²) < 4.78 is 5.91. The smallest absolute Gasteiger partial charge is 0.119 e. The lowest BCUT2D eigenvalue weighted by molar-refractivity contribution is 0.276. The van der Waals surface area contributed by atoms with Gasteiger partial charge in [-0.05, 0) is 48.4 Å². The number of hydrogen-bond acceptors (Lipinski definition) is 2. The molecular weight excluding hydrogens is 342 g/mol. The summed E-state index contributed by atoms with van der Waals surface area (Å²) in [4.78, 5) is 2.43. The van der Waals surface area contributed by atoms with E-state index in [-0.39, 0.29) is 0 Å². The van der Waals surface area contributed by atoms with Gasteiger partial charge in [0.2, 0.25) is 0 Å². The molecule has 0 radical (unpaired) electrons. The van der Waals surface area contributed by atoms with Crippen molar-refractivity contribution in [3.8, 4) is 5.75 Å². The normalized spacial score (nSPS) is 17.3. The van der Waals surface area contributed by atoms with E-state index in [1.807, 2.05) is 18.2 Å². The summed E-state index contributed by atoms with van der Waals surface area (Å²) in [5.74, 6) is 1.40. The van der Waals surface area contributed by atoms with E-state index in [1.54, 1.807) is 0 Å². The first-order valence-electron chi connectivity index (χ1n) is 10.1. The van der Waals surface area contributed by atoms with Gasteiger partial charge in [0, 0.05) is 12.5 Å². The van der Waals surface area contributed by atoms with Gasteiger partial charge in [0.1, 0.15) is 12.4 Å². The standard InChI is InChI=1S/C26H27NO/c1-21(23-10-6-3-7-11-23)27-18-16-25(17-19-27)24-12-14-26(15-13-24)28-20-22-8-4-2-5-9-22/h2-16,18,21,25H,17,19-20H2,1H3. The summed E-state index contributed by atoms with van der Waals surface area (Å²) in [5.41, 5.74) is 3.91. The van der Waals surface area contributed by atoms with Gasteiger partial charge in [-0.2, -0.15) is 0 Å². The lowest BCUT2D eigenvalue weighted by Gasteiger charge is -2.33. The average molecular weight is 370 g/mol. The van der Waals surface area contributed by atoms with E-state index >= 15 is 0 Å². The summed E-state index contributed by atoms with van der Waals surface area (Å²) in [6, 6.07) is 30.0. The largest absolute Gasteiger partial charge is 0.489 e. The molecule has 0 amide bonds. The predicted molar refractivity (Wildman–Crippen MR) is 115 cm³/mol. The van der Waals surface area contributed by atoms with Gasteiger partial charge in [0.05, 0.1) is 6.04 Å². The molecule has 0 saturated carbocycles. The van der Waals surface area contributed by atoms with Crippen LogP contribution in [0.2, 0.25) is 0 Å². The Kier molecular flexibility index (Phi) is 5.77. The highest BCUT2D eigenvalue weighted by atomic mass is 16.5. The number of allylic oxidation sites excluding steroid dienone is 1. The van der Waals surface area contributed by atoms with Gasteiger partial charge in [0.15, 0.2) is 0 Å². The van der Waals surface area contributed by atoms with E-state index in [1.165, 1.54) is 16.7 Å². The molecular formula is C26H27NO. The Morgan fingerprint density at radius 3 is 2.21 bits per heavy atom. The van der Waals surface area contributed by atoms with Gasteiger partial charge >= 0.3 is 0 Å². The van der Waals surface area contributed by atoms with Crippen molar-refractivity contribution in [2.24, 2.45) is 0 Å². The summed E-state index contributed by atoms with van der Waals surface area (Å²) in [6.07, 6.45) is 5.74. The Labute approximate surface area is 168 Å². The first-order chi connectivity index (χ1) is 13.8. The van der Waals surface area contributed by atoms with Crippen LogP contribution in [0, 0.1) is 0 Å². The minimum Gasteiger partial charge on any atom is -0.489 e. The second kappa shape index (κ2) is 8.79. The summed E-state index contributed by atoms with van der Waals surface area (Å²) in [5, 5.41) is 0. The summed E-state index contributed by atoms with van der Waals surface area (Å²) in [6.45, 7) is 3.96. The van der Waals surface area contributed by atoms with Crippen molar-refractivity contribution in [1.29, 1.82) is 0 Å². The Morgan fingerprint density at radius 1 is 0.893 bits per heavy atom. The first kappa shape index (κ1) is 18.4. The molecule has 2 unspecified atom stereocenters. The van der Waals surface area contributed by atoms with Crippen LogP contribution >= 0.6 is 0 Å². The summed E-state index contributed by atoms with van der Waals surface area (Å²) >= 11 is 0. The molecule has 1 heterocycles. The molecule has 0 spiro atoms. The lowest BCUT2D eigenvalue weighted by Crippen LogP contribution is -2.26. The molecule has 0 N–H and O–H groups in total. The third-order valence-corrected chi connectivity index (χ3v) is 5.54. The Hall–Kier alpha value is -3.00. The second-order valence-electron chi connectivity index (χ2n) is 7.40. The van der Waals surface area contributed by atoms with Crippen LogP contribution in [0.15, 0.2) is 97.2 Å². The molecule has 0 fully saturated rings. The van der Waals surface area contributed by atoms with Crippen LogP contribution in [-0.4, -0.2) is 11.4 Å². The maximum absolute atomic E-state index is 5.91. The van der Waals surface area contributed by atoms with Crippen molar-refractivity contribution >= 4 is 0 Å². The molecule has 2 atom stereocenters. The fraction of sp³-hybridized carbons (Fsp3) is 0.231. The number of benzene rings is 3. The minimum atomic E-state index is 0.409. The van der Waals surface area contributed by atoms with Crippen LogP contribution in [-0.2, 0) is 6.61 Å². The van der Waals surface area contributed by atoms with Crippen LogP contribution in [0.4, 0.5) is 0 Å². The van der Waals surface area contributed by atoms with E-state index in [0.717, 1.165) is 18.7 Å². The molecule has 0 bridgehead atoms. The second-order valence-corrected chi connectivity index (χ2v) is 7.40. The van der Waals surface area contributed by atoms with Crippen molar-refractivity contribution in [2.45, 2.75) is 31.9 Å². The van der Waals surface area contributed by atoms with E-state index in [0.29, 0.717) is 18.6 Å². The molecule has 28 heavy (non-hydrogen) atoms. The zero-order valence-electron chi connectivity index (χ0n) is 16.4. The number of hydrogen-bond donors (Lipinski definition) is 0. The van der Waals surface area contributed by atoms with Crippen molar-refractivity contribution < 1.29 is 4.74 Å². The van der Waals surface area contributed by atoms with Crippen LogP contribution < -0.4 is 4.74 Å². The molecule has 2 heteroatoms. The highest BCUT2D eigenvalue weighted by molar-refractivity contribution is 5.32. The maximum Gasteiger partial charge on any atom is 0.119 e. The van der Waals surface area contributed by atoms with Gasteiger partial charge in [0.25, 0.3) is 0 Å².